The van der Waals surface area contributed by atoms with Crippen LogP contribution in [-0.4, -0.2) is 30.8 Å². The number of aromatic carboxylic acids is 1. The first kappa shape index (κ1) is 11.1. The van der Waals surface area contributed by atoms with Crippen LogP contribution >= 0.6 is 0 Å². The average Bonchev–Trinajstić information content (AvgIpc) is 2.73. The first-order valence-corrected chi connectivity index (χ1v) is 4.93. The molecule has 0 saturated heterocycles. The number of carboxylic acids is 1. The molecule has 17 heavy (non-hydrogen) atoms. The van der Waals surface area contributed by atoms with Crippen LogP contribution in [0.3, 0.4) is 0 Å². The summed E-state index contributed by atoms with van der Waals surface area (Å²) in [5.74, 6) is 0.245. The van der Waals surface area contributed by atoms with Crippen molar-refractivity contribution in [1.29, 1.82) is 0 Å². The molecule has 0 radical (unpaired) electrons. The van der Waals surface area contributed by atoms with E-state index in [0.717, 1.165) is 0 Å². The fourth-order valence-corrected chi connectivity index (χ4v) is 1.26. The molecule has 0 saturated carbocycles. The Balaban J connectivity index is 1.97. The van der Waals surface area contributed by atoms with Crippen molar-refractivity contribution < 1.29 is 9.90 Å². The van der Waals surface area contributed by atoms with Gasteiger partial charge in [-0.15, -0.1) is 0 Å². The Labute approximate surface area is 97.1 Å². The smallest absolute Gasteiger partial charge is 0.337 e. The lowest BCUT2D eigenvalue weighted by atomic mass is 10.3. The summed E-state index contributed by atoms with van der Waals surface area (Å²) in [6, 6.07) is 3.09. The van der Waals surface area contributed by atoms with Gasteiger partial charge in [0.15, 0.2) is 5.82 Å². The predicted molar refractivity (Wildman–Crippen MR) is 59.5 cm³/mol. The Morgan fingerprint density at radius 3 is 2.82 bits per heavy atom. The van der Waals surface area contributed by atoms with Gasteiger partial charge in [-0.05, 0) is 12.1 Å². The Bertz CT molecular complexity index is 520. The van der Waals surface area contributed by atoms with Crippen LogP contribution in [0, 0.1) is 0 Å². The van der Waals surface area contributed by atoms with Gasteiger partial charge in [-0.3, -0.25) is 4.68 Å². The molecule has 2 aromatic heterocycles. The number of anilines is 1. The highest BCUT2D eigenvalue weighted by molar-refractivity contribution is 5.87. The molecule has 2 rings (SSSR count). The van der Waals surface area contributed by atoms with E-state index < -0.39 is 5.97 Å². The maximum Gasteiger partial charge on any atom is 0.337 e. The minimum absolute atomic E-state index is 0.159. The molecule has 0 bridgehead atoms. The molecule has 0 fully saturated rings. The van der Waals surface area contributed by atoms with Crippen LogP contribution in [-0.2, 0) is 13.6 Å². The van der Waals surface area contributed by atoms with Crippen LogP contribution in [0.2, 0.25) is 0 Å². The number of carboxylic acid groups (broad SMARTS) is 1. The molecular weight excluding hydrogens is 222 g/mol. The minimum Gasteiger partial charge on any atom is -0.478 e. The lowest BCUT2D eigenvalue weighted by Gasteiger charge is -2.02. The summed E-state index contributed by atoms with van der Waals surface area (Å²) in [4.78, 5) is 18.6. The van der Waals surface area contributed by atoms with Crippen LogP contribution in [0.4, 0.5) is 5.82 Å². The third kappa shape index (κ3) is 2.77. The maximum absolute atomic E-state index is 10.6. The molecule has 2 N–H and O–H groups in total. The van der Waals surface area contributed by atoms with E-state index in [0.29, 0.717) is 18.2 Å². The average molecular weight is 233 g/mol. The quantitative estimate of drug-likeness (QED) is 0.799. The normalized spacial score (nSPS) is 10.2. The zero-order chi connectivity index (χ0) is 12.3. The summed E-state index contributed by atoms with van der Waals surface area (Å²) in [5.41, 5.74) is 0.159. The topological polar surface area (TPSA) is 92.9 Å². The third-order valence-corrected chi connectivity index (χ3v) is 2.09. The summed E-state index contributed by atoms with van der Waals surface area (Å²) in [6.45, 7) is 0.445. The zero-order valence-corrected chi connectivity index (χ0v) is 9.16. The van der Waals surface area contributed by atoms with Gasteiger partial charge in [-0.25, -0.2) is 14.8 Å². The predicted octanol–water partition coefficient (Wildman–Crippen LogP) is 0.520. The molecule has 0 aromatic carbocycles. The number of hydrogen-bond acceptors (Lipinski definition) is 5. The third-order valence-electron chi connectivity index (χ3n) is 2.09. The van der Waals surface area contributed by atoms with E-state index in [1.807, 2.05) is 0 Å². The highest BCUT2D eigenvalue weighted by Gasteiger charge is 2.03. The first-order chi connectivity index (χ1) is 8.15. The van der Waals surface area contributed by atoms with E-state index in [1.54, 1.807) is 24.1 Å². The summed E-state index contributed by atoms with van der Waals surface area (Å²) in [6.07, 6.45) is 2.91. The fraction of sp³-hybridized carbons (Fsp3) is 0.200. The van der Waals surface area contributed by atoms with E-state index >= 15 is 0 Å². The van der Waals surface area contributed by atoms with Crippen molar-refractivity contribution in [3.05, 3.63) is 36.0 Å². The molecule has 0 atom stereocenters. The van der Waals surface area contributed by atoms with Gasteiger partial charge in [-0.2, -0.15) is 5.10 Å². The van der Waals surface area contributed by atoms with Crippen molar-refractivity contribution in [1.82, 2.24) is 19.7 Å². The number of hydrogen-bond donors (Lipinski definition) is 2. The summed E-state index contributed by atoms with van der Waals surface area (Å²) in [5, 5.41) is 15.8. The Kier molecular flexibility index (Phi) is 2.99. The molecule has 0 aliphatic heterocycles. The van der Waals surface area contributed by atoms with Crippen LogP contribution in [0.1, 0.15) is 16.2 Å². The maximum atomic E-state index is 10.6. The van der Waals surface area contributed by atoms with Crippen molar-refractivity contribution in [2.24, 2.45) is 7.05 Å². The molecule has 0 amide bonds. The first-order valence-electron chi connectivity index (χ1n) is 4.93. The van der Waals surface area contributed by atoms with Gasteiger partial charge >= 0.3 is 5.97 Å². The molecule has 7 heteroatoms. The van der Waals surface area contributed by atoms with Gasteiger partial charge in [0.25, 0.3) is 0 Å². The van der Waals surface area contributed by atoms with Crippen molar-refractivity contribution in [3.8, 4) is 0 Å². The summed E-state index contributed by atoms with van der Waals surface area (Å²) < 4.78 is 1.61. The summed E-state index contributed by atoms with van der Waals surface area (Å²) in [7, 11) is 1.79. The van der Waals surface area contributed by atoms with E-state index in [2.05, 4.69) is 20.4 Å². The monoisotopic (exact) mass is 233 g/mol. The molecule has 2 aromatic rings. The second-order valence-electron chi connectivity index (χ2n) is 3.43. The standard InChI is InChI=1S/C10H11N5O2/c1-15-6-13-9(14-15)5-12-8-3-2-7(4-11-8)10(16)17/h2-4,6H,5H2,1H3,(H,11,12)(H,16,17). The van der Waals surface area contributed by atoms with Crippen LogP contribution in [0.15, 0.2) is 24.7 Å². The molecule has 2 heterocycles. The van der Waals surface area contributed by atoms with Crippen molar-refractivity contribution in [2.45, 2.75) is 6.54 Å². The number of nitrogens with one attached hydrogen (secondary N) is 1. The minimum atomic E-state index is -0.990. The molecule has 0 unspecified atom stereocenters. The highest BCUT2D eigenvalue weighted by Crippen LogP contribution is 2.05. The van der Waals surface area contributed by atoms with E-state index in [-0.39, 0.29) is 5.56 Å². The SMILES string of the molecule is Cn1cnc(CNc2ccc(C(=O)O)cn2)n1. The van der Waals surface area contributed by atoms with Gasteiger partial charge < -0.3 is 10.4 Å². The molecule has 0 aliphatic rings. The Morgan fingerprint density at radius 2 is 2.29 bits per heavy atom. The highest BCUT2D eigenvalue weighted by atomic mass is 16.4. The molecule has 7 nitrogen and oxygen atoms in total. The second kappa shape index (κ2) is 4.60. The largest absolute Gasteiger partial charge is 0.478 e. The van der Waals surface area contributed by atoms with E-state index in [1.165, 1.54) is 12.3 Å². The van der Waals surface area contributed by atoms with Crippen LogP contribution in [0.5, 0.6) is 0 Å². The Morgan fingerprint density at radius 1 is 1.47 bits per heavy atom. The van der Waals surface area contributed by atoms with E-state index in [9.17, 15) is 4.79 Å². The van der Waals surface area contributed by atoms with Gasteiger partial charge in [0.2, 0.25) is 0 Å². The summed E-state index contributed by atoms with van der Waals surface area (Å²) >= 11 is 0. The van der Waals surface area contributed by atoms with Crippen molar-refractivity contribution in [2.75, 3.05) is 5.32 Å². The molecular formula is C10H11N5O2. The number of pyridine rings is 1. The van der Waals surface area contributed by atoms with Gasteiger partial charge in [-0.1, -0.05) is 0 Å². The van der Waals surface area contributed by atoms with Gasteiger partial charge in [0.1, 0.15) is 12.1 Å². The lowest BCUT2D eigenvalue weighted by molar-refractivity contribution is 0.0696. The molecule has 0 aliphatic carbocycles. The van der Waals surface area contributed by atoms with Crippen molar-refractivity contribution in [3.63, 3.8) is 0 Å². The van der Waals surface area contributed by atoms with Crippen LogP contribution in [0.25, 0.3) is 0 Å². The lowest BCUT2D eigenvalue weighted by Crippen LogP contribution is -2.05. The van der Waals surface area contributed by atoms with Crippen LogP contribution < -0.4 is 5.32 Å². The molecule has 88 valence electrons. The number of rotatable bonds is 4. The van der Waals surface area contributed by atoms with Crippen molar-refractivity contribution >= 4 is 11.8 Å². The van der Waals surface area contributed by atoms with Gasteiger partial charge in [0.05, 0.1) is 12.1 Å². The van der Waals surface area contributed by atoms with E-state index in [4.69, 9.17) is 5.11 Å². The molecule has 0 spiro atoms. The zero-order valence-electron chi connectivity index (χ0n) is 9.16. The fourth-order valence-electron chi connectivity index (χ4n) is 1.26. The Hall–Kier alpha value is -2.44. The number of aromatic nitrogens is 4. The second-order valence-corrected chi connectivity index (χ2v) is 3.43. The number of aryl methyl sites for hydroxylation is 1. The number of nitrogens with zero attached hydrogens (tertiary/aromatic N) is 4. The number of carbonyl (C=O) groups is 1. The van der Waals surface area contributed by atoms with Gasteiger partial charge in [0, 0.05) is 13.2 Å².